The van der Waals surface area contributed by atoms with E-state index in [2.05, 4.69) is 42.8 Å². The van der Waals surface area contributed by atoms with Crippen LogP contribution in [0.4, 0.5) is 0 Å². The Morgan fingerprint density at radius 2 is 2.00 bits per heavy atom. The van der Waals surface area contributed by atoms with Crippen LogP contribution in [0.15, 0.2) is 18.3 Å². The molecule has 0 spiro atoms. The van der Waals surface area contributed by atoms with Crippen molar-refractivity contribution >= 4 is 5.91 Å². The van der Waals surface area contributed by atoms with E-state index >= 15 is 0 Å². The average molecular weight is 275 g/mol. The topological polar surface area (TPSA) is 36.4 Å². The van der Waals surface area contributed by atoms with Crippen molar-refractivity contribution in [2.45, 2.75) is 39.7 Å². The van der Waals surface area contributed by atoms with Gasteiger partial charge in [0.1, 0.15) is 0 Å². The van der Waals surface area contributed by atoms with Crippen molar-refractivity contribution in [3.63, 3.8) is 0 Å². The van der Waals surface area contributed by atoms with Gasteiger partial charge in [0.25, 0.3) is 0 Å². The van der Waals surface area contributed by atoms with Gasteiger partial charge in [0.05, 0.1) is 12.2 Å². The summed E-state index contributed by atoms with van der Waals surface area (Å²) in [5.41, 5.74) is 2.41. The van der Waals surface area contributed by atoms with Crippen LogP contribution >= 0.6 is 0 Å². The summed E-state index contributed by atoms with van der Waals surface area (Å²) in [6.45, 7) is 12.4. The lowest BCUT2D eigenvalue weighted by Gasteiger charge is -2.33. The summed E-state index contributed by atoms with van der Waals surface area (Å²) < 4.78 is 0. The molecule has 1 aliphatic heterocycles. The Morgan fingerprint density at radius 1 is 1.25 bits per heavy atom. The van der Waals surface area contributed by atoms with Crippen molar-refractivity contribution in [1.82, 2.24) is 14.8 Å². The van der Waals surface area contributed by atoms with Gasteiger partial charge in [-0.2, -0.15) is 0 Å². The van der Waals surface area contributed by atoms with Gasteiger partial charge in [0.15, 0.2) is 0 Å². The van der Waals surface area contributed by atoms with Crippen molar-refractivity contribution in [3.05, 3.63) is 29.6 Å². The Hall–Kier alpha value is -1.42. The lowest BCUT2D eigenvalue weighted by molar-refractivity contribution is -0.135. The molecule has 0 aromatic carbocycles. The fraction of sp³-hybridized carbons (Fsp3) is 0.625. The molecule has 2 heterocycles. The van der Waals surface area contributed by atoms with Crippen LogP contribution in [0.1, 0.15) is 39.0 Å². The molecule has 20 heavy (non-hydrogen) atoms. The van der Waals surface area contributed by atoms with Crippen molar-refractivity contribution in [3.8, 4) is 0 Å². The van der Waals surface area contributed by atoms with Gasteiger partial charge in [0, 0.05) is 32.4 Å². The number of hydrogen-bond acceptors (Lipinski definition) is 3. The molecule has 0 unspecified atom stereocenters. The number of carbonyl (C=O) groups excluding carboxylic acids is 1. The maximum absolute atomic E-state index is 11.9. The van der Waals surface area contributed by atoms with E-state index in [-0.39, 0.29) is 11.3 Å². The zero-order valence-electron chi connectivity index (χ0n) is 13.0. The minimum atomic E-state index is 0.133. The summed E-state index contributed by atoms with van der Waals surface area (Å²) in [6, 6.07) is 4.23. The minimum absolute atomic E-state index is 0.133. The maximum atomic E-state index is 11.9. The third-order valence-electron chi connectivity index (χ3n) is 3.86. The van der Waals surface area contributed by atoms with Crippen LogP contribution in [0.3, 0.4) is 0 Å². The highest BCUT2D eigenvalue weighted by Gasteiger charge is 2.23. The van der Waals surface area contributed by atoms with Gasteiger partial charge >= 0.3 is 0 Å². The summed E-state index contributed by atoms with van der Waals surface area (Å²) in [7, 11) is 0. The third kappa shape index (κ3) is 3.57. The highest BCUT2D eigenvalue weighted by molar-refractivity contribution is 5.78. The first kappa shape index (κ1) is 15.0. The first-order valence-corrected chi connectivity index (χ1v) is 7.35. The molecule has 1 saturated heterocycles. The number of carbonyl (C=O) groups is 1. The quantitative estimate of drug-likeness (QED) is 0.847. The molecular formula is C16H25N3O. The molecule has 4 nitrogen and oxygen atoms in total. The standard InChI is InChI=1S/C16H25N3O/c1-5-19-9-8-18(12-15(19)20)11-14-7-6-13(10-17-14)16(2,3)4/h6-7,10H,5,8-9,11-12H2,1-4H3. The van der Waals surface area contributed by atoms with Crippen LogP contribution in [0.5, 0.6) is 0 Å². The van der Waals surface area contributed by atoms with Crippen molar-refractivity contribution in [2.24, 2.45) is 0 Å². The smallest absolute Gasteiger partial charge is 0.236 e. The Kier molecular flexibility index (Phi) is 4.43. The van der Waals surface area contributed by atoms with Crippen LogP contribution in [0, 0.1) is 0 Å². The monoisotopic (exact) mass is 275 g/mol. The molecule has 0 saturated carbocycles. The summed E-state index contributed by atoms with van der Waals surface area (Å²) in [5, 5.41) is 0. The van der Waals surface area contributed by atoms with Gasteiger partial charge in [-0.05, 0) is 24.0 Å². The fourth-order valence-corrected chi connectivity index (χ4v) is 2.42. The molecule has 0 atom stereocenters. The van der Waals surface area contributed by atoms with Crippen molar-refractivity contribution in [2.75, 3.05) is 26.2 Å². The van der Waals surface area contributed by atoms with Crippen LogP contribution in [-0.4, -0.2) is 46.9 Å². The second-order valence-electron chi connectivity index (χ2n) is 6.47. The van der Waals surface area contributed by atoms with E-state index in [1.54, 1.807) is 0 Å². The van der Waals surface area contributed by atoms with E-state index in [1.807, 2.05) is 18.0 Å². The summed E-state index contributed by atoms with van der Waals surface area (Å²) in [5.74, 6) is 0.227. The predicted molar refractivity (Wildman–Crippen MR) is 80.5 cm³/mol. The molecule has 1 aromatic rings. The van der Waals surface area contributed by atoms with E-state index in [0.717, 1.165) is 31.9 Å². The van der Waals surface area contributed by atoms with E-state index in [0.29, 0.717) is 6.54 Å². The highest BCUT2D eigenvalue weighted by Crippen LogP contribution is 2.21. The third-order valence-corrected chi connectivity index (χ3v) is 3.86. The first-order chi connectivity index (χ1) is 9.40. The first-order valence-electron chi connectivity index (χ1n) is 7.35. The molecule has 1 aliphatic rings. The zero-order valence-corrected chi connectivity index (χ0v) is 13.0. The van der Waals surface area contributed by atoms with Crippen LogP contribution in [0.2, 0.25) is 0 Å². The molecule has 0 aliphatic carbocycles. The number of pyridine rings is 1. The van der Waals surface area contributed by atoms with Crippen LogP contribution in [-0.2, 0) is 16.8 Å². The average Bonchev–Trinajstić information content (AvgIpc) is 2.38. The Labute approximate surface area is 121 Å². The zero-order chi connectivity index (χ0) is 14.8. The number of piperazine rings is 1. The molecule has 0 bridgehead atoms. The minimum Gasteiger partial charge on any atom is -0.341 e. The predicted octanol–water partition coefficient (Wildman–Crippen LogP) is 2.04. The molecule has 2 rings (SSSR count). The molecule has 1 fully saturated rings. The maximum Gasteiger partial charge on any atom is 0.236 e. The van der Waals surface area contributed by atoms with Crippen molar-refractivity contribution < 1.29 is 4.79 Å². The largest absolute Gasteiger partial charge is 0.341 e. The molecule has 1 aromatic heterocycles. The molecular weight excluding hydrogens is 250 g/mol. The van der Waals surface area contributed by atoms with Gasteiger partial charge in [-0.3, -0.25) is 14.7 Å². The summed E-state index contributed by atoms with van der Waals surface area (Å²) >= 11 is 0. The van der Waals surface area contributed by atoms with Gasteiger partial charge in [-0.25, -0.2) is 0 Å². The summed E-state index contributed by atoms with van der Waals surface area (Å²) in [4.78, 5) is 20.5. The van der Waals surface area contributed by atoms with Crippen LogP contribution in [0.25, 0.3) is 0 Å². The molecule has 1 amide bonds. The van der Waals surface area contributed by atoms with E-state index in [4.69, 9.17) is 0 Å². The van der Waals surface area contributed by atoms with E-state index < -0.39 is 0 Å². The Morgan fingerprint density at radius 3 is 2.50 bits per heavy atom. The number of amides is 1. The van der Waals surface area contributed by atoms with E-state index in [1.165, 1.54) is 5.56 Å². The van der Waals surface area contributed by atoms with Gasteiger partial charge in [-0.15, -0.1) is 0 Å². The highest BCUT2D eigenvalue weighted by atomic mass is 16.2. The summed E-state index contributed by atoms with van der Waals surface area (Å²) in [6.07, 6.45) is 1.96. The number of rotatable bonds is 3. The molecule has 0 N–H and O–H groups in total. The normalized spacial score (nSPS) is 17.6. The molecule has 0 radical (unpaired) electrons. The number of nitrogens with zero attached hydrogens (tertiary/aromatic N) is 3. The number of hydrogen-bond donors (Lipinski definition) is 0. The number of likely N-dealkylation sites (N-methyl/N-ethyl adjacent to an activating group) is 1. The van der Waals surface area contributed by atoms with Crippen molar-refractivity contribution in [1.29, 1.82) is 0 Å². The fourth-order valence-electron chi connectivity index (χ4n) is 2.42. The lowest BCUT2D eigenvalue weighted by Crippen LogP contribution is -2.49. The van der Waals surface area contributed by atoms with Crippen LogP contribution < -0.4 is 0 Å². The lowest BCUT2D eigenvalue weighted by atomic mass is 9.88. The molecule has 4 heteroatoms. The number of aromatic nitrogens is 1. The molecule has 110 valence electrons. The van der Waals surface area contributed by atoms with Gasteiger partial charge in [0.2, 0.25) is 5.91 Å². The van der Waals surface area contributed by atoms with E-state index in [9.17, 15) is 4.79 Å². The van der Waals surface area contributed by atoms with Gasteiger partial charge < -0.3 is 4.90 Å². The second-order valence-corrected chi connectivity index (χ2v) is 6.47. The SMILES string of the molecule is CCN1CCN(Cc2ccc(C(C)(C)C)cn2)CC1=O. The van der Waals surface area contributed by atoms with Gasteiger partial charge in [-0.1, -0.05) is 26.8 Å². The second kappa shape index (κ2) is 5.92. The Balaban J connectivity index is 1.96. The Bertz CT molecular complexity index is 462.